The number of unbranched alkanes of at least 4 members (excludes halogenated alkanes) is 2. The van der Waals surface area contributed by atoms with Crippen molar-refractivity contribution in [2.24, 2.45) is 0 Å². The zero-order chi connectivity index (χ0) is 27.8. The second-order valence-corrected chi connectivity index (χ2v) is 10.7. The van der Waals surface area contributed by atoms with Crippen LogP contribution in [0, 0.1) is 0 Å². The zero-order valence-electron chi connectivity index (χ0n) is 23.5. The molecule has 4 heteroatoms. The molecular formula is C35H40O4. The average Bonchev–Trinajstić information content (AvgIpc) is 2.94. The summed E-state index contributed by atoms with van der Waals surface area (Å²) in [5, 5.41) is 19.2. The Hall–Kier alpha value is -3.92. The Morgan fingerprint density at radius 3 is 1.31 bits per heavy atom. The first kappa shape index (κ1) is 28.1. The van der Waals surface area contributed by atoms with Crippen LogP contribution in [-0.2, 0) is 18.3 Å². The van der Waals surface area contributed by atoms with Gasteiger partial charge in [0.15, 0.2) is 0 Å². The van der Waals surface area contributed by atoms with Crippen LogP contribution in [0.1, 0.15) is 75.6 Å². The van der Waals surface area contributed by atoms with Crippen molar-refractivity contribution in [1.82, 2.24) is 0 Å². The lowest BCUT2D eigenvalue weighted by Crippen LogP contribution is -2.19. The topological polar surface area (TPSA) is 58.9 Å². The van der Waals surface area contributed by atoms with E-state index in [0.717, 1.165) is 50.0 Å². The number of ether oxygens (including phenoxy) is 2. The summed E-state index contributed by atoms with van der Waals surface area (Å²) in [6, 6.07) is 26.8. The van der Waals surface area contributed by atoms with Gasteiger partial charge in [-0.15, -0.1) is 0 Å². The molecule has 0 radical (unpaired) electrons. The lowest BCUT2D eigenvalue weighted by Gasteiger charge is -2.28. The molecule has 0 fully saturated rings. The minimum Gasteiger partial charge on any atom is -0.508 e. The number of aromatic hydroxyl groups is 2. The fraction of sp³-hybridized carbons (Fsp3) is 0.314. The van der Waals surface area contributed by atoms with Crippen molar-refractivity contribution in [2.75, 3.05) is 0 Å². The maximum Gasteiger partial charge on any atom is 0.130 e. The van der Waals surface area contributed by atoms with E-state index in [4.69, 9.17) is 9.47 Å². The largest absolute Gasteiger partial charge is 0.508 e. The lowest BCUT2D eigenvalue weighted by atomic mass is 9.76. The zero-order valence-corrected chi connectivity index (χ0v) is 23.5. The van der Waals surface area contributed by atoms with Gasteiger partial charge >= 0.3 is 0 Å². The fourth-order valence-corrected chi connectivity index (χ4v) is 4.71. The summed E-state index contributed by atoms with van der Waals surface area (Å²) in [6.45, 7) is 8.94. The third-order valence-corrected chi connectivity index (χ3v) is 7.29. The molecule has 4 nitrogen and oxygen atoms in total. The predicted octanol–water partition coefficient (Wildman–Crippen LogP) is 9.69. The normalized spacial score (nSPS) is 11.4. The quantitative estimate of drug-likeness (QED) is 0.194. The van der Waals surface area contributed by atoms with E-state index in [2.05, 4.69) is 64.1 Å². The van der Waals surface area contributed by atoms with Gasteiger partial charge in [-0.05, 0) is 109 Å². The van der Waals surface area contributed by atoms with Crippen LogP contribution in [0.5, 0.6) is 34.5 Å². The predicted molar refractivity (Wildman–Crippen MR) is 159 cm³/mol. The van der Waals surface area contributed by atoms with Gasteiger partial charge in [0.2, 0.25) is 0 Å². The van der Waals surface area contributed by atoms with Crippen molar-refractivity contribution < 1.29 is 19.7 Å². The van der Waals surface area contributed by atoms with E-state index in [0.29, 0.717) is 11.5 Å². The van der Waals surface area contributed by atoms with Crippen LogP contribution in [0.25, 0.3) is 0 Å². The van der Waals surface area contributed by atoms with Crippen LogP contribution >= 0.6 is 0 Å². The summed E-state index contributed by atoms with van der Waals surface area (Å²) in [5.74, 6) is 3.58. The van der Waals surface area contributed by atoms with Crippen molar-refractivity contribution in [3.8, 4) is 34.5 Å². The molecule has 0 bridgehead atoms. The molecule has 0 aromatic heterocycles. The standard InChI is InChI=1S/C35H40O4/c1-5-7-9-25-23-27(11-21-33(25)38-31-17-13-29(36)14-18-31)35(3,4)28-12-22-34(26(24-28)10-8-6-2)39-32-19-15-30(37)16-20-32/h11-24,36-37H,5-10H2,1-4H3. The number of aryl methyl sites for hydroxylation is 2. The van der Waals surface area contributed by atoms with E-state index in [-0.39, 0.29) is 16.9 Å². The van der Waals surface area contributed by atoms with E-state index in [1.807, 2.05) is 0 Å². The van der Waals surface area contributed by atoms with Crippen molar-refractivity contribution in [2.45, 2.75) is 71.6 Å². The van der Waals surface area contributed by atoms with E-state index >= 15 is 0 Å². The highest BCUT2D eigenvalue weighted by molar-refractivity contribution is 5.49. The molecule has 0 amide bonds. The molecule has 0 saturated carbocycles. The second kappa shape index (κ2) is 12.8. The Bertz CT molecular complexity index is 1250. The van der Waals surface area contributed by atoms with Gasteiger partial charge in [0, 0.05) is 5.41 Å². The van der Waals surface area contributed by atoms with Crippen LogP contribution in [0.2, 0.25) is 0 Å². The third kappa shape index (κ3) is 7.14. The van der Waals surface area contributed by atoms with E-state index in [1.165, 1.54) is 22.3 Å². The number of rotatable bonds is 12. The summed E-state index contributed by atoms with van der Waals surface area (Å²) in [5.41, 5.74) is 4.62. The fourth-order valence-electron chi connectivity index (χ4n) is 4.71. The van der Waals surface area contributed by atoms with E-state index in [9.17, 15) is 10.2 Å². The van der Waals surface area contributed by atoms with Crippen LogP contribution in [-0.4, -0.2) is 10.2 Å². The molecule has 0 spiro atoms. The number of benzene rings is 4. The second-order valence-electron chi connectivity index (χ2n) is 10.7. The van der Waals surface area contributed by atoms with Gasteiger partial charge in [-0.3, -0.25) is 0 Å². The minimum atomic E-state index is -0.226. The number of hydrogen-bond donors (Lipinski definition) is 2. The van der Waals surface area contributed by atoms with Gasteiger partial charge in [-0.25, -0.2) is 0 Å². The summed E-state index contributed by atoms with van der Waals surface area (Å²) in [7, 11) is 0. The molecule has 204 valence electrons. The van der Waals surface area contributed by atoms with Crippen LogP contribution < -0.4 is 9.47 Å². The van der Waals surface area contributed by atoms with Crippen molar-refractivity contribution >= 4 is 0 Å². The number of hydrogen-bond acceptors (Lipinski definition) is 4. The van der Waals surface area contributed by atoms with Gasteiger partial charge in [-0.1, -0.05) is 64.8 Å². The highest BCUT2D eigenvalue weighted by Crippen LogP contribution is 2.39. The van der Waals surface area contributed by atoms with Gasteiger partial charge in [0.25, 0.3) is 0 Å². The Labute approximate surface area is 232 Å². The first-order valence-corrected chi connectivity index (χ1v) is 14.0. The highest BCUT2D eigenvalue weighted by Gasteiger charge is 2.25. The van der Waals surface area contributed by atoms with E-state index < -0.39 is 0 Å². The first-order chi connectivity index (χ1) is 18.8. The molecule has 0 unspecified atom stereocenters. The Morgan fingerprint density at radius 1 is 0.564 bits per heavy atom. The van der Waals surface area contributed by atoms with Gasteiger partial charge in [-0.2, -0.15) is 0 Å². The smallest absolute Gasteiger partial charge is 0.130 e. The van der Waals surface area contributed by atoms with E-state index in [1.54, 1.807) is 48.5 Å². The number of phenols is 2. The maximum absolute atomic E-state index is 9.62. The van der Waals surface area contributed by atoms with Crippen LogP contribution in [0.15, 0.2) is 84.9 Å². The van der Waals surface area contributed by atoms with Crippen LogP contribution in [0.3, 0.4) is 0 Å². The molecule has 39 heavy (non-hydrogen) atoms. The van der Waals surface area contributed by atoms with Gasteiger partial charge in [0.1, 0.15) is 34.5 Å². The molecule has 0 atom stereocenters. The average molecular weight is 525 g/mol. The Morgan fingerprint density at radius 2 is 0.949 bits per heavy atom. The Kier molecular flexibility index (Phi) is 9.19. The molecule has 0 aliphatic heterocycles. The number of phenolic OH excluding ortho intramolecular Hbond substituents is 2. The van der Waals surface area contributed by atoms with Gasteiger partial charge < -0.3 is 19.7 Å². The first-order valence-electron chi connectivity index (χ1n) is 14.0. The molecule has 2 N–H and O–H groups in total. The Balaban J connectivity index is 1.65. The molecule has 4 aromatic rings. The molecule has 0 heterocycles. The summed E-state index contributed by atoms with van der Waals surface area (Å²) in [6.07, 6.45) is 6.26. The molecular weight excluding hydrogens is 484 g/mol. The molecule has 0 saturated heterocycles. The molecule has 0 aliphatic carbocycles. The van der Waals surface area contributed by atoms with Crippen molar-refractivity contribution in [3.63, 3.8) is 0 Å². The monoisotopic (exact) mass is 524 g/mol. The van der Waals surface area contributed by atoms with Crippen molar-refractivity contribution in [3.05, 3.63) is 107 Å². The maximum atomic E-state index is 9.62. The van der Waals surface area contributed by atoms with Gasteiger partial charge in [0.05, 0.1) is 0 Å². The lowest BCUT2D eigenvalue weighted by molar-refractivity contribution is 0.460. The molecule has 4 aromatic carbocycles. The summed E-state index contributed by atoms with van der Waals surface area (Å²) >= 11 is 0. The highest BCUT2D eigenvalue weighted by atomic mass is 16.5. The van der Waals surface area contributed by atoms with Crippen LogP contribution in [0.4, 0.5) is 0 Å². The summed E-state index contributed by atoms with van der Waals surface area (Å²) < 4.78 is 12.5. The SMILES string of the molecule is CCCCc1cc(C(C)(C)c2ccc(Oc3ccc(O)cc3)c(CCCC)c2)ccc1Oc1ccc(O)cc1. The van der Waals surface area contributed by atoms with Crippen molar-refractivity contribution in [1.29, 1.82) is 0 Å². The minimum absolute atomic E-state index is 0.225. The summed E-state index contributed by atoms with van der Waals surface area (Å²) in [4.78, 5) is 0. The molecule has 4 rings (SSSR count). The third-order valence-electron chi connectivity index (χ3n) is 7.29. The molecule has 0 aliphatic rings.